The van der Waals surface area contributed by atoms with Gasteiger partial charge in [-0.1, -0.05) is 6.07 Å². The highest BCUT2D eigenvalue weighted by molar-refractivity contribution is 6.08. The Balaban J connectivity index is 1.57. The van der Waals surface area contributed by atoms with Crippen LogP contribution >= 0.6 is 0 Å². The van der Waals surface area contributed by atoms with Gasteiger partial charge in [-0.15, -0.1) is 0 Å². The van der Waals surface area contributed by atoms with Crippen molar-refractivity contribution < 1.29 is 23.4 Å². The molecule has 4 aromatic rings. The molecule has 32 heavy (non-hydrogen) atoms. The number of anilines is 1. The Bertz CT molecular complexity index is 1310. The van der Waals surface area contributed by atoms with Crippen LogP contribution in [-0.4, -0.2) is 40.7 Å². The van der Waals surface area contributed by atoms with E-state index in [4.69, 9.17) is 18.6 Å². The van der Waals surface area contributed by atoms with Crippen LogP contribution in [0.1, 0.15) is 23.0 Å². The van der Waals surface area contributed by atoms with Crippen molar-refractivity contribution in [3.05, 3.63) is 54.1 Å². The number of ether oxygens (including phenoxy) is 3. The molecule has 1 amide bonds. The summed E-state index contributed by atoms with van der Waals surface area (Å²) in [5, 5.41) is 8.24. The van der Waals surface area contributed by atoms with E-state index in [-0.39, 0.29) is 18.8 Å². The van der Waals surface area contributed by atoms with Crippen LogP contribution in [0.2, 0.25) is 0 Å². The van der Waals surface area contributed by atoms with Crippen molar-refractivity contribution in [3.8, 4) is 22.6 Å². The number of benzene rings is 1. The number of fused-ring (bicyclic) bond motifs is 2. The average molecular weight is 434 g/mol. The lowest BCUT2D eigenvalue weighted by Crippen LogP contribution is -2.17. The Labute approximate surface area is 183 Å². The molecule has 1 aromatic carbocycles. The van der Waals surface area contributed by atoms with E-state index < -0.39 is 0 Å². The van der Waals surface area contributed by atoms with Gasteiger partial charge in [0.2, 0.25) is 6.79 Å². The van der Waals surface area contributed by atoms with Crippen molar-refractivity contribution >= 4 is 22.8 Å². The smallest absolute Gasteiger partial charge is 0.260 e. The van der Waals surface area contributed by atoms with Crippen LogP contribution in [-0.2, 0) is 11.3 Å². The van der Waals surface area contributed by atoms with Gasteiger partial charge in [-0.05, 0) is 43.7 Å². The molecule has 1 N–H and O–H groups in total. The summed E-state index contributed by atoms with van der Waals surface area (Å²) >= 11 is 0. The molecule has 0 fully saturated rings. The van der Waals surface area contributed by atoms with Crippen molar-refractivity contribution in [3.63, 3.8) is 0 Å². The van der Waals surface area contributed by atoms with E-state index in [2.05, 4.69) is 15.4 Å². The molecule has 0 aliphatic carbocycles. The summed E-state index contributed by atoms with van der Waals surface area (Å²) < 4.78 is 23.3. The second kappa shape index (κ2) is 8.01. The fourth-order valence-corrected chi connectivity index (χ4v) is 3.63. The summed E-state index contributed by atoms with van der Waals surface area (Å²) in [6, 6.07) is 9.32. The Morgan fingerprint density at radius 3 is 2.84 bits per heavy atom. The summed E-state index contributed by atoms with van der Waals surface area (Å²) in [5.74, 6) is 2.07. The molecule has 1 atom stereocenters. The predicted octanol–water partition coefficient (Wildman–Crippen LogP) is 4.02. The number of carbonyl (C=O) groups excluding carboxylic acids is 1. The number of hydrogen-bond donors (Lipinski definition) is 1. The van der Waals surface area contributed by atoms with E-state index in [0.717, 1.165) is 16.5 Å². The second-order valence-electron chi connectivity index (χ2n) is 7.58. The molecule has 0 bridgehead atoms. The van der Waals surface area contributed by atoms with Crippen molar-refractivity contribution in [2.45, 2.75) is 26.5 Å². The third kappa shape index (κ3) is 3.56. The topological polar surface area (TPSA) is 101 Å². The molecule has 0 saturated heterocycles. The van der Waals surface area contributed by atoms with E-state index >= 15 is 0 Å². The number of nitrogens with zero attached hydrogens (tertiary/aromatic N) is 3. The molecule has 1 unspecified atom stereocenters. The fourth-order valence-electron chi connectivity index (χ4n) is 3.63. The van der Waals surface area contributed by atoms with Gasteiger partial charge in [-0.3, -0.25) is 4.79 Å². The predicted molar refractivity (Wildman–Crippen MR) is 117 cm³/mol. The number of nitrogens with one attached hydrogen (secondary N) is 1. The van der Waals surface area contributed by atoms with Gasteiger partial charge in [0.1, 0.15) is 5.76 Å². The second-order valence-corrected chi connectivity index (χ2v) is 7.58. The summed E-state index contributed by atoms with van der Waals surface area (Å²) in [6.07, 6.45) is 3.19. The lowest BCUT2D eigenvalue weighted by Gasteiger charge is -2.09. The number of hydrogen-bond acceptors (Lipinski definition) is 7. The molecular weight excluding hydrogens is 412 g/mol. The Kier molecular flexibility index (Phi) is 5.02. The number of methoxy groups -OCH3 is 1. The maximum atomic E-state index is 12.8. The zero-order chi connectivity index (χ0) is 22.2. The van der Waals surface area contributed by atoms with E-state index in [0.29, 0.717) is 40.8 Å². The first kappa shape index (κ1) is 20.1. The lowest BCUT2D eigenvalue weighted by atomic mass is 10.1. The molecule has 0 radical (unpaired) electrons. The van der Waals surface area contributed by atoms with Gasteiger partial charge in [-0.25, -0.2) is 9.67 Å². The number of aromatic nitrogens is 3. The van der Waals surface area contributed by atoms with Gasteiger partial charge in [0.05, 0.1) is 29.9 Å². The molecule has 5 rings (SSSR count). The normalized spacial score (nSPS) is 13.5. The van der Waals surface area contributed by atoms with Crippen LogP contribution < -0.4 is 14.8 Å². The van der Waals surface area contributed by atoms with Crippen molar-refractivity contribution in [2.75, 3.05) is 19.2 Å². The van der Waals surface area contributed by atoms with Crippen molar-refractivity contribution in [1.29, 1.82) is 0 Å². The molecule has 4 heterocycles. The van der Waals surface area contributed by atoms with Crippen molar-refractivity contribution in [1.82, 2.24) is 14.8 Å². The van der Waals surface area contributed by atoms with Gasteiger partial charge < -0.3 is 23.9 Å². The number of rotatable bonds is 6. The minimum atomic E-state index is -0.295. The van der Waals surface area contributed by atoms with Gasteiger partial charge >= 0.3 is 0 Å². The largest absolute Gasteiger partial charge is 0.469 e. The minimum absolute atomic E-state index is 0.0758. The number of aryl methyl sites for hydroxylation is 1. The first-order valence-electron chi connectivity index (χ1n) is 10.2. The van der Waals surface area contributed by atoms with E-state index in [9.17, 15) is 4.79 Å². The third-order valence-corrected chi connectivity index (χ3v) is 5.46. The maximum Gasteiger partial charge on any atom is 0.260 e. The average Bonchev–Trinajstić information content (AvgIpc) is 3.52. The molecular formula is C23H22N4O5. The Morgan fingerprint density at radius 2 is 2.06 bits per heavy atom. The van der Waals surface area contributed by atoms with Crippen LogP contribution in [0.5, 0.6) is 11.5 Å². The van der Waals surface area contributed by atoms with Crippen molar-refractivity contribution in [2.24, 2.45) is 0 Å². The highest BCUT2D eigenvalue weighted by Gasteiger charge is 2.20. The van der Waals surface area contributed by atoms with E-state index in [1.165, 1.54) is 6.26 Å². The summed E-state index contributed by atoms with van der Waals surface area (Å²) in [5.41, 5.74) is 2.89. The first-order valence-corrected chi connectivity index (χ1v) is 10.2. The fraction of sp³-hybridized carbons (Fsp3) is 0.261. The number of carbonyl (C=O) groups is 1. The molecule has 9 heteroatoms. The molecule has 1 aliphatic heterocycles. The number of pyridine rings is 1. The van der Waals surface area contributed by atoms with E-state index in [1.54, 1.807) is 31.0 Å². The summed E-state index contributed by atoms with van der Waals surface area (Å²) in [6.45, 7) is 4.39. The molecule has 1 aliphatic rings. The monoisotopic (exact) mass is 434 g/mol. The highest BCUT2D eigenvalue weighted by Crippen LogP contribution is 2.37. The Morgan fingerprint density at radius 1 is 1.22 bits per heavy atom. The molecule has 0 spiro atoms. The quantitative estimate of drug-likeness (QED) is 0.489. The molecule has 3 aromatic heterocycles. The number of amides is 1. The zero-order valence-corrected chi connectivity index (χ0v) is 17.9. The Hall–Kier alpha value is -3.85. The van der Waals surface area contributed by atoms with Crippen LogP contribution in [0.25, 0.3) is 22.2 Å². The zero-order valence-electron chi connectivity index (χ0n) is 17.9. The minimum Gasteiger partial charge on any atom is -0.469 e. The van der Waals surface area contributed by atoms with Gasteiger partial charge in [0, 0.05) is 18.9 Å². The van der Waals surface area contributed by atoms with Crippen LogP contribution in [0.4, 0.5) is 5.82 Å². The first-order chi connectivity index (χ1) is 15.5. The lowest BCUT2D eigenvalue weighted by molar-refractivity contribution is 0.101. The standard InChI is InChI=1S/C23H22N4O5/c1-13(29-3)11-27-22-18(21(26-27)25-23(28)17-6-7-30-14(17)2)8-16(10-24-22)15-4-5-19-20(9-15)32-12-31-19/h4-10,13H,11-12H2,1-3H3,(H,25,26,28). The number of furan rings is 1. The van der Waals surface area contributed by atoms with Gasteiger partial charge in [0.15, 0.2) is 23.0 Å². The highest BCUT2D eigenvalue weighted by atomic mass is 16.7. The summed E-state index contributed by atoms with van der Waals surface area (Å²) in [4.78, 5) is 17.5. The summed E-state index contributed by atoms with van der Waals surface area (Å²) in [7, 11) is 1.64. The SMILES string of the molecule is COC(C)Cn1nc(NC(=O)c2ccoc2C)c2cc(-c3ccc4c(c3)OCO4)cnc21. The maximum absolute atomic E-state index is 12.8. The molecule has 9 nitrogen and oxygen atoms in total. The van der Waals surface area contributed by atoms with Crippen LogP contribution in [0, 0.1) is 6.92 Å². The van der Waals surface area contributed by atoms with Gasteiger partial charge in [0.25, 0.3) is 5.91 Å². The van der Waals surface area contributed by atoms with Crippen LogP contribution in [0.3, 0.4) is 0 Å². The third-order valence-electron chi connectivity index (χ3n) is 5.46. The van der Waals surface area contributed by atoms with E-state index in [1.807, 2.05) is 31.2 Å². The molecule has 164 valence electrons. The van der Waals surface area contributed by atoms with Gasteiger partial charge in [-0.2, -0.15) is 5.10 Å². The molecule has 0 saturated carbocycles. The van der Waals surface area contributed by atoms with Crippen LogP contribution in [0.15, 0.2) is 47.2 Å².